The van der Waals surface area contributed by atoms with Crippen LogP contribution in [0.5, 0.6) is 0 Å². The van der Waals surface area contributed by atoms with Crippen molar-refractivity contribution < 1.29 is 0 Å². The van der Waals surface area contributed by atoms with Crippen molar-refractivity contribution in [2.45, 2.75) is 6.92 Å². The standard InChI is InChI=1S/C38H26N2/c1-25-21-27(23-28(22-25)40-35-18-10-9-13-29(35)30-19-20-39-24-36(30)40)38-33-16-7-5-14-31(33)37(26-11-3-2-4-12-26)32-15-6-8-17-34(32)38/h2-24H,1H3. The maximum atomic E-state index is 4.50. The minimum absolute atomic E-state index is 1.12. The first-order valence-electron chi connectivity index (χ1n) is 13.7. The number of rotatable bonds is 3. The molecule has 2 heterocycles. The summed E-state index contributed by atoms with van der Waals surface area (Å²) >= 11 is 0. The van der Waals surface area contributed by atoms with Crippen LogP contribution in [0.2, 0.25) is 0 Å². The van der Waals surface area contributed by atoms with Crippen LogP contribution in [0.4, 0.5) is 0 Å². The van der Waals surface area contributed by atoms with Gasteiger partial charge in [0, 0.05) is 22.7 Å². The summed E-state index contributed by atoms with van der Waals surface area (Å²) in [5.74, 6) is 0. The average molecular weight is 511 g/mol. The molecule has 6 aromatic carbocycles. The van der Waals surface area contributed by atoms with E-state index in [0.717, 1.165) is 11.2 Å². The van der Waals surface area contributed by atoms with Gasteiger partial charge in [0.2, 0.25) is 0 Å². The second kappa shape index (κ2) is 8.93. The Morgan fingerprint density at radius 1 is 0.475 bits per heavy atom. The van der Waals surface area contributed by atoms with Crippen LogP contribution in [-0.2, 0) is 0 Å². The van der Waals surface area contributed by atoms with E-state index >= 15 is 0 Å². The Labute approximate surface area is 232 Å². The Morgan fingerprint density at radius 3 is 1.70 bits per heavy atom. The van der Waals surface area contributed by atoms with Crippen LogP contribution >= 0.6 is 0 Å². The van der Waals surface area contributed by atoms with Gasteiger partial charge in [0.25, 0.3) is 0 Å². The highest BCUT2D eigenvalue weighted by Crippen LogP contribution is 2.44. The number of aryl methyl sites for hydroxylation is 1. The molecule has 0 aliphatic rings. The van der Waals surface area contributed by atoms with Crippen molar-refractivity contribution >= 4 is 43.4 Å². The molecule has 0 radical (unpaired) electrons. The highest BCUT2D eigenvalue weighted by molar-refractivity contribution is 6.21. The van der Waals surface area contributed by atoms with E-state index in [9.17, 15) is 0 Å². The van der Waals surface area contributed by atoms with Crippen molar-refractivity contribution in [1.82, 2.24) is 9.55 Å². The lowest BCUT2D eigenvalue weighted by molar-refractivity contribution is 1.16. The largest absolute Gasteiger partial charge is 0.308 e. The summed E-state index contributed by atoms with van der Waals surface area (Å²) in [7, 11) is 0. The lowest BCUT2D eigenvalue weighted by atomic mass is 9.85. The number of pyridine rings is 1. The molecule has 0 aliphatic heterocycles. The van der Waals surface area contributed by atoms with Crippen LogP contribution in [0.1, 0.15) is 5.56 Å². The average Bonchev–Trinajstić information content (AvgIpc) is 3.34. The second-order valence-corrected chi connectivity index (χ2v) is 10.5. The molecule has 0 unspecified atom stereocenters. The quantitative estimate of drug-likeness (QED) is 0.216. The molecule has 8 aromatic rings. The second-order valence-electron chi connectivity index (χ2n) is 10.5. The molecule has 40 heavy (non-hydrogen) atoms. The lowest BCUT2D eigenvalue weighted by Crippen LogP contribution is -1.97. The predicted molar refractivity (Wildman–Crippen MR) is 169 cm³/mol. The lowest BCUT2D eigenvalue weighted by Gasteiger charge is -2.19. The summed E-state index contributed by atoms with van der Waals surface area (Å²) in [5, 5.41) is 7.53. The minimum atomic E-state index is 1.12. The number of benzene rings is 6. The summed E-state index contributed by atoms with van der Waals surface area (Å²) in [6, 6.07) is 46.2. The zero-order valence-corrected chi connectivity index (χ0v) is 22.2. The van der Waals surface area contributed by atoms with Gasteiger partial charge < -0.3 is 4.57 Å². The van der Waals surface area contributed by atoms with Gasteiger partial charge in [-0.15, -0.1) is 0 Å². The molecule has 0 spiro atoms. The molecular weight excluding hydrogens is 484 g/mol. The van der Waals surface area contributed by atoms with Crippen LogP contribution in [0.3, 0.4) is 0 Å². The zero-order valence-electron chi connectivity index (χ0n) is 22.2. The Hall–Kier alpha value is -5.21. The molecule has 0 amide bonds. The zero-order chi connectivity index (χ0) is 26.6. The SMILES string of the molecule is Cc1cc(-c2c3ccccc3c(-c3ccccc3)c3ccccc23)cc(-n2c3ccccc3c3ccncc32)c1. The molecular formula is C38H26N2. The first-order chi connectivity index (χ1) is 19.8. The normalized spacial score (nSPS) is 11.6. The van der Waals surface area contributed by atoms with E-state index < -0.39 is 0 Å². The third-order valence-corrected chi connectivity index (χ3v) is 8.08. The minimum Gasteiger partial charge on any atom is -0.308 e. The number of fused-ring (bicyclic) bond motifs is 5. The van der Waals surface area contributed by atoms with Crippen molar-refractivity contribution in [3.8, 4) is 27.9 Å². The fraction of sp³-hybridized carbons (Fsp3) is 0.0263. The van der Waals surface area contributed by atoms with E-state index in [1.165, 1.54) is 65.7 Å². The maximum Gasteiger partial charge on any atom is 0.0724 e. The Kier molecular flexibility index (Phi) is 5.08. The van der Waals surface area contributed by atoms with E-state index in [-0.39, 0.29) is 0 Å². The van der Waals surface area contributed by atoms with Gasteiger partial charge in [-0.3, -0.25) is 4.98 Å². The smallest absolute Gasteiger partial charge is 0.0724 e. The van der Waals surface area contributed by atoms with Crippen LogP contribution in [0.25, 0.3) is 71.3 Å². The number of aromatic nitrogens is 2. The monoisotopic (exact) mass is 510 g/mol. The van der Waals surface area contributed by atoms with E-state index in [1.54, 1.807) is 0 Å². The van der Waals surface area contributed by atoms with Crippen LogP contribution in [-0.4, -0.2) is 9.55 Å². The van der Waals surface area contributed by atoms with Crippen molar-refractivity contribution in [2.75, 3.05) is 0 Å². The van der Waals surface area contributed by atoms with Crippen molar-refractivity contribution in [2.24, 2.45) is 0 Å². The van der Waals surface area contributed by atoms with Crippen molar-refractivity contribution in [1.29, 1.82) is 0 Å². The highest BCUT2D eigenvalue weighted by Gasteiger charge is 2.18. The molecule has 2 nitrogen and oxygen atoms in total. The van der Waals surface area contributed by atoms with Gasteiger partial charge in [-0.2, -0.15) is 0 Å². The van der Waals surface area contributed by atoms with Gasteiger partial charge in [-0.25, -0.2) is 0 Å². The predicted octanol–water partition coefficient (Wildman–Crippen LogP) is 10.1. The van der Waals surface area contributed by atoms with E-state index in [2.05, 4.69) is 144 Å². The Bertz CT molecular complexity index is 2110. The molecule has 2 heteroatoms. The van der Waals surface area contributed by atoms with Crippen LogP contribution in [0, 0.1) is 6.92 Å². The van der Waals surface area contributed by atoms with Crippen molar-refractivity contribution in [3.63, 3.8) is 0 Å². The first kappa shape index (κ1) is 22.7. The Balaban J connectivity index is 1.48. The van der Waals surface area contributed by atoms with Gasteiger partial charge in [-0.1, -0.05) is 103 Å². The third-order valence-electron chi connectivity index (χ3n) is 8.08. The summed E-state index contributed by atoms with van der Waals surface area (Å²) in [6.07, 6.45) is 3.87. The van der Waals surface area contributed by atoms with Crippen molar-refractivity contribution in [3.05, 3.63) is 145 Å². The van der Waals surface area contributed by atoms with Crippen LogP contribution < -0.4 is 0 Å². The molecule has 2 aromatic heterocycles. The summed E-state index contributed by atoms with van der Waals surface area (Å²) in [6.45, 7) is 2.20. The van der Waals surface area contributed by atoms with Gasteiger partial charge in [0.1, 0.15) is 0 Å². The molecule has 0 saturated heterocycles. The number of nitrogens with zero attached hydrogens (tertiary/aromatic N) is 2. The molecule has 0 fully saturated rings. The van der Waals surface area contributed by atoms with Gasteiger partial charge in [0.05, 0.1) is 17.2 Å². The first-order valence-corrected chi connectivity index (χ1v) is 13.7. The molecule has 0 aliphatic carbocycles. The molecule has 0 bridgehead atoms. The Morgan fingerprint density at radius 2 is 1.02 bits per heavy atom. The molecule has 0 atom stereocenters. The topological polar surface area (TPSA) is 17.8 Å². The van der Waals surface area contributed by atoms with Gasteiger partial charge in [0.15, 0.2) is 0 Å². The van der Waals surface area contributed by atoms with E-state index in [0.29, 0.717) is 0 Å². The summed E-state index contributed by atoms with van der Waals surface area (Å²) in [4.78, 5) is 4.50. The van der Waals surface area contributed by atoms with Gasteiger partial charge in [-0.05, 0) is 80.6 Å². The van der Waals surface area contributed by atoms with E-state index in [1.807, 2.05) is 12.4 Å². The third kappa shape index (κ3) is 3.40. The maximum absolute atomic E-state index is 4.50. The number of hydrogen-bond donors (Lipinski definition) is 0. The number of hydrogen-bond acceptors (Lipinski definition) is 1. The number of para-hydroxylation sites is 1. The highest BCUT2D eigenvalue weighted by atomic mass is 15.0. The molecule has 8 rings (SSSR count). The van der Waals surface area contributed by atoms with Crippen LogP contribution in [0.15, 0.2) is 140 Å². The summed E-state index contributed by atoms with van der Waals surface area (Å²) in [5.41, 5.74) is 9.70. The van der Waals surface area contributed by atoms with Gasteiger partial charge >= 0.3 is 0 Å². The fourth-order valence-electron chi connectivity index (χ4n) is 6.49. The summed E-state index contributed by atoms with van der Waals surface area (Å²) < 4.78 is 2.36. The molecule has 0 N–H and O–H groups in total. The molecule has 0 saturated carbocycles. The fourth-order valence-corrected chi connectivity index (χ4v) is 6.49. The van der Waals surface area contributed by atoms with E-state index in [4.69, 9.17) is 0 Å². The molecule has 188 valence electrons.